The highest BCUT2D eigenvalue weighted by atomic mass is 35.5. The lowest BCUT2D eigenvalue weighted by Gasteiger charge is -2.32. The maximum Gasteiger partial charge on any atom is 0.451 e. The van der Waals surface area contributed by atoms with Gasteiger partial charge in [0.1, 0.15) is 0 Å². The maximum absolute atomic E-state index is 8.86. The van der Waals surface area contributed by atoms with E-state index >= 15 is 0 Å². The molecule has 27 heavy (non-hydrogen) atoms. The summed E-state index contributed by atoms with van der Waals surface area (Å²) in [5.41, 5.74) is 7.73. The van der Waals surface area contributed by atoms with Crippen LogP contribution in [0.2, 0.25) is 11.3 Å². The van der Waals surface area contributed by atoms with Crippen LogP contribution in [0.1, 0.15) is 56.9 Å². The molecule has 1 fully saturated rings. The van der Waals surface area contributed by atoms with Gasteiger partial charge in [0.15, 0.2) is 0 Å². The average Bonchev–Trinajstić information content (AvgIpc) is 2.65. The van der Waals surface area contributed by atoms with Gasteiger partial charge in [0.2, 0.25) is 0 Å². The van der Waals surface area contributed by atoms with Crippen molar-refractivity contribution < 1.29 is 19.6 Å². The quantitative estimate of drug-likeness (QED) is 0.439. The Morgan fingerprint density at radius 2 is 1.70 bits per heavy atom. The molecule has 0 aliphatic heterocycles. The van der Waals surface area contributed by atoms with Crippen molar-refractivity contribution >= 4 is 24.9 Å². The normalized spacial score (nSPS) is 20.1. The molecular weight excluding hydrogens is 364 g/mol. The van der Waals surface area contributed by atoms with Crippen LogP contribution in [0.15, 0.2) is 24.3 Å². The molecule has 1 aromatic carbocycles. The molecule has 1 aliphatic carbocycles. The number of aryl methyl sites for hydroxylation is 1. The fraction of sp³-hybridized carbons (Fsp3) is 0.650. The van der Waals surface area contributed by atoms with Gasteiger partial charge in [-0.1, -0.05) is 49.4 Å². The number of unbranched alkanes of at least 4 members (excludes halogenated alkanes) is 1. The van der Waals surface area contributed by atoms with E-state index < -0.39 is 7.12 Å². The zero-order chi connectivity index (χ0) is 20.1. The predicted molar refractivity (Wildman–Crippen MR) is 107 cm³/mol. The smallest absolute Gasteiger partial charge is 0.427 e. The van der Waals surface area contributed by atoms with E-state index in [1.807, 2.05) is 12.1 Å². The Bertz CT molecular complexity index is 541. The van der Waals surface area contributed by atoms with Gasteiger partial charge in [-0.05, 0) is 68.0 Å². The fourth-order valence-corrected chi connectivity index (χ4v) is 4.00. The number of carbonyl (C=O) groups excluding carboxylic acids is 2. The third-order valence-corrected chi connectivity index (χ3v) is 5.75. The Labute approximate surface area is 167 Å². The van der Waals surface area contributed by atoms with Crippen LogP contribution in [0.25, 0.3) is 0 Å². The van der Waals surface area contributed by atoms with Crippen LogP contribution >= 0.6 is 11.6 Å². The third-order valence-electron chi connectivity index (χ3n) is 5.50. The minimum absolute atomic E-state index is 0.250. The van der Waals surface area contributed by atoms with Gasteiger partial charge in [-0.25, -0.2) is 0 Å². The van der Waals surface area contributed by atoms with Crippen LogP contribution < -0.4 is 5.73 Å². The summed E-state index contributed by atoms with van der Waals surface area (Å²) in [5.74, 6) is 1.48. The molecule has 150 valence electrons. The second-order valence-electron chi connectivity index (χ2n) is 7.46. The van der Waals surface area contributed by atoms with Crippen molar-refractivity contribution in [1.29, 1.82) is 0 Å². The number of nitrogens with two attached hydrogens (primary N) is 1. The van der Waals surface area contributed by atoms with Crippen LogP contribution in [0.4, 0.5) is 0 Å². The van der Waals surface area contributed by atoms with Crippen molar-refractivity contribution in [3.8, 4) is 0 Å². The SMILES string of the molecule is N[C@@H](CCCCB(O)O)C1CCC(CCc2ccc(Cl)cc2)CC1.O=C=O. The number of hydrogen-bond donors (Lipinski definition) is 3. The van der Waals surface area contributed by atoms with Crippen LogP contribution in [0.5, 0.6) is 0 Å². The first-order valence-electron chi connectivity index (χ1n) is 9.81. The molecule has 0 radical (unpaired) electrons. The van der Waals surface area contributed by atoms with Crippen molar-refractivity contribution in [2.75, 3.05) is 0 Å². The molecule has 2 rings (SSSR count). The van der Waals surface area contributed by atoms with Crippen molar-refractivity contribution in [1.82, 2.24) is 0 Å². The zero-order valence-corrected chi connectivity index (χ0v) is 16.6. The summed E-state index contributed by atoms with van der Waals surface area (Å²) >= 11 is 5.93. The predicted octanol–water partition coefficient (Wildman–Crippen LogP) is 3.47. The standard InChI is InChI=1S/C19H31BClNO2.CO2/c21-18-12-8-16(9-13-18)5-4-15-6-10-17(11-7-15)19(22)3-1-2-14-20(23)24;2-1-3/h8-9,12-13,15,17,19,23-24H,1-7,10-11,14,22H2;/t15?,17?,19-;/m0./s1. The minimum atomic E-state index is -1.17. The summed E-state index contributed by atoms with van der Waals surface area (Å²) in [6, 6.07) is 8.49. The largest absolute Gasteiger partial charge is 0.451 e. The van der Waals surface area contributed by atoms with Gasteiger partial charge >= 0.3 is 13.3 Å². The number of halogens is 1. The van der Waals surface area contributed by atoms with E-state index in [4.69, 9.17) is 37.0 Å². The Balaban J connectivity index is 0.00000114. The lowest BCUT2D eigenvalue weighted by Crippen LogP contribution is -2.33. The Hall–Kier alpha value is -1.17. The molecule has 0 amide bonds. The number of rotatable bonds is 9. The monoisotopic (exact) mass is 395 g/mol. The highest BCUT2D eigenvalue weighted by Crippen LogP contribution is 2.34. The van der Waals surface area contributed by atoms with Gasteiger partial charge in [0, 0.05) is 11.1 Å². The van der Waals surface area contributed by atoms with E-state index in [-0.39, 0.29) is 12.2 Å². The van der Waals surface area contributed by atoms with E-state index in [1.165, 1.54) is 37.7 Å². The molecule has 0 heterocycles. The summed E-state index contributed by atoms with van der Waals surface area (Å²) in [5, 5.41) is 18.5. The van der Waals surface area contributed by atoms with E-state index in [1.54, 1.807) is 0 Å². The average molecular weight is 396 g/mol. The van der Waals surface area contributed by atoms with Gasteiger partial charge in [0.25, 0.3) is 0 Å². The molecule has 5 nitrogen and oxygen atoms in total. The van der Waals surface area contributed by atoms with E-state index in [2.05, 4.69) is 12.1 Å². The molecule has 0 spiro atoms. The molecule has 1 saturated carbocycles. The summed E-state index contributed by atoms with van der Waals surface area (Å²) in [7, 11) is -1.17. The van der Waals surface area contributed by atoms with Gasteiger partial charge < -0.3 is 15.8 Å². The van der Waals surface area contributed by atoms with E-state index in [0.29, 0.717) is 12.2 Å². The molecule has 1 aromatic rings. The third kappa shape index (κ3) is 10.7. The highest BCUT2D eigenvalue weighted by Gasteiger charge is 2.25. The topological polar surface area (TPSA) is 101 Å². The van der Waals surface area contributed by atoms with Crippen molar-refractivity contribution in [3.63, 3.8) is 0 Å². The minimum Gasteiger partial charge on any atom is -0.427 e. The molecular formula is C20H31BClNO4. The molecule has 1 aliphatic rings. The lowest BCUT2D eigenvalue weighted by atomic mass is 9.75. The van der Waals surface area contributed by atoms with Crippen LogP contribution in [0.3, 0.4) is 0 Å². The molecule has 0 unspecified atom stereocenters. The fourth-order valence-electron chi connectivity index (χ4n) is 3.87. The van der Waals surface area contributed by atoms with Crippen LogP contribution in [-0.2, 0) is 16.0 Å². The zero-order valence-electron chi connectivity index (χ0n) is 15.9. The summed E-state index contributed by atoms with van der Waals surface area (Å²) in [4.78, 5) is 16.2. The summed E-state index contributed by atoms with van der Waals surface area (Å²) in [6.45, 7) is 0. The van der Waals surface area contributed by atoms with Crippen molar-refractivity contribution in [2.45, 2.75) is 70.1 Å². The van der Waals surface area contributed by atoms with E-state index in [9.17, 15) is 0 Å². The maximum atomic E-state index is 8.86. The molecule has 1 atom stereocenters. The Morgan fingerprint density at radius 3 is 2.26 bits per heavy atom. The van der Waals surface area contributed by atoms with Gasteiger partial charge in [-0.3, -0.25) is 0 Å². The first kappa shape index (κ1) is 23.9. The Morgan fingerprint density at radius 1 is 1.11 bits per heavy atom. The first-order valence-corrected chi connectivity index (χ1v) is 10.2. The van der Waals surface area contributed by atoms with Gasteiger partial charge in [-0.15, -0.1) is 0 Å². The van der Waals surface area contributed by atoms with E-state index in [0.717, 1.165) is 36.6 Å². The molecule has 0 saturated heterocycles. The van der Waals surface area contributed by atoms with Crippen LogP contribution in [0, 0.1) is 11.8 Å². The number of benzene rings is 1. The van der Waals surface area contributed by atoms with Crippen molar-refractivity contribution in [3.05, 3.63) is 34.9 Å². The molecule has 4 N–H and O–H groups in total. The first-order chi connectivity index (χ1) is 13.0. The molecule has 0 aromatic heterocycles. The van der Waals surface area contributed by atoms with Gasteiger partial charge in [0.05, 0.1) is 0 Å². The number of hydrogen-bond acceptors (Lipinski definition) is 5. The van der Waals surface area contributed by atoms with Crippen LogP contribution in [-0.4, -0.2) is 29.4 Å². The second-order valence-corrected chi connectivity index (χ2v) is 7.89. The summed E-state index contributed by atoms with van der Waals surface area (Å²) < 4.78 is 0. The Kier molecular flexibility index (Phi) is 12.3. The van der Waals surface area contributed by atoms with Gasteiger partial charge in [-0.2, -0.15) is 9.59 Å². The van der Waals surface area contributed by atoms with Crippen molar-refractivity contribution in [2.24, 2.45) is 17.6 Å². The lowest BCUT2D eigenvalue weighted by molar-refractivity contribution is -0.191. The second kappa shape index (κ2) is 13.9. The molecule has 0 bridgehead atoms. The summed E-state index contributed by atoms with van der Waals surface area (Å²) in [6.07, 6.45) is 11.0. The highest BCUT2D eigenvalue weighted by molar-refractivity contribution is 6.40. The molecule has 7 heteroatoms.